The van der Waals surface area contributed by atoms with Gasteiger partial charge in [-0.15, -0.1) is 0 Å². The summed E-state index contributed by atoms with van der Waals surface area (Å²) in [6.07, 6.45) is 3.77. The summed E-state index contributed by atoms with van der Waals surface area (Å²) in [6.45, 7) is 7.52. The molecule has 7 nitrogen and oxygen atoms in total. The minimum Gasteiger partial charge on any atom is -0.478 e. The van der Waals surface area contributed by atoms with Crippen LogP contribution in [0.2, 0.25) is 0 Å². The van der Waals surface area contributed by atoms with Gasteiger partial charge in [0.05, 0.1) is 12.2 Å². The summed E-state index contributed by atoms with van der Waals surface area (Å²) in [7, 11) is 0. The van der Waals surface area contributed by atoms with Crippen molar-refractivity contribution in [2.24, 2.45) is 5.92 Å². The Morgan fingerprint density at radius 3 is 2.48 bits per heavy atom. The van der Waals surface area contributed by atoms with Crippen LogP contribution < -0.4 is 4.74 Å². The summed E-state index contributed by atoms with van der Waals surface area (Å²) in [5.74, 6) is -0.0797. The van der Waals surface area contributed by atoms with Crippen molar-refractivity contribution in [2.75, 3.05) is 19.7 Å². The molecule has 0 aromatic carbocycles. The van der Waals surface area contributed by atoms with Gasteiger partial charge in [-0.2, -0.15) is 0 Å². The number of pyridine rings is 1. The molecule has 0 spiro atoms. The predicted octanol–water partition coefficient (Wildman–Crippen LogP) is 3.20. The SMILES string of the molecule is CC(C)(C)OC(=O)N1CCC(CCOc2ccc(C(=O)O)cn2)CC1. The van der Waals surface area contributed by atoms with Gasteiger partial charge >= 0.3 is 12.1 Å². The van der Waals surface area contributed by atoms with E-state index < -0.39 is 11.6 Å². The van der Waals surface area contributed by atoms with Gasteiger partial charge in [-0.05, 0) is 52.0 Å². The van der Waals surface area contributed by atoms with Crippen molar-refractivity contribution in [3.05, 3.63) is 23.9 Å². The minimum atomic E-state index is -1.00. The molecule has 0 radical (unpaired) electrons. The molecule has 0 bridgehead atoms. The molecule has 2 heterocycles. The third-order valence-corrected chi connectivity index (χ3v) is 4.03. The summed E-state index contributed by atoms with van der Waals surface area (Å²) in [6, 6.07) is 3.04. The van der Waals surface area contributed by atoms with Crippen LogP contribution in [0.25, 0.3) is 0 Å². The number of carboxylic acids is 1. The van der Waals surface area contributed by atoms with E-state index in [1.54, 1.807) is 11.0 Å². The second-order valence-electron chi connectivity index (χ2n) is 7.24. The van der Waals surface area contributed by atoms with Crippen molar-refractivity contribution in [2.45, 2.75) is 45.6 Å². The number of hydrogen-bond acceptors (Lipinski definition) is 5. The molecule has 138 valence electrons. The summed E-state index contributed by atoms with van der Waals surface area (Å²) in [5.41, 5.74) is -0.327. The van der Waals surface area contributed by atoms with E-state index in [9.17, 15) is 9.59 Å². The van der Waals surface area contributed by atoms with E-state index in [-0.39, 0.29) is 11.7 Å². The summed E-state index contributed by atoms with van der Waals surface area (Å²) in [4.78, 5) is 28.5. The Morgan fingerprint density at radius 2 is 1.96 bits per heavy atom. The number of rotatable bonds is 5. The fourth-order valence-electron chi connectivity index (χ4n) is 2.65. The molecule has 1 aromatic heterocycles. The molecule has 25 heavy (non-hydrogen) atoms. The molecule has 1 saturated heterocycles. The molecule has 1 N–H and O–H groups in total. The normalized spacial score (nSPS) is 15.7. The number of hydrogen-bond donors (Lipinski definition) is 1. The first-order chi connectivity index (χ1) is 11.7. The minimum absolute atomic E-state index is 0.141. The van der Waals surface area contributed by atoms with Gasteiger partial charge in [-0.3, -0.25) is 0 Å². The lowest BCUT2D eigenvalue weighted by molar-refractivity contribution is 0.0177. The summed E-state index contributed by atoms with van der Waals surface area (Å²) in [5, 5.41) is 8.83. The fourth-order valence-corrected chi connectivity index (χ4v) is 2.65. The van der Waals surface area contributed by atoms with Crippen LogP contribution in [-0.4, -0.2) is 52.4 Å². The maximum absolute atomic E-state index is 12.0. The van der Waals surface area contributed by atoms with E-state index in [4.69, 9.17) is 14.6 Å². The Morgan fingerprint density at radius 1 is 1.28 bits per heavy atom. The maximum atomic E-state index is 12.0. The first-order valence-electron chi connectivity index (χ1n) is 8.54. The molecule has 2 rings (SSSR count). The van der Waals surface area contributed by atoms with Crippen molar-refractivity contribution in [1.82, 2.24) is 9.88 Å². The van der Waals surface area contributed by atoms with Crippen LogP contribution in [-0.2, 0) is 4.74 Å². The molecule has 1 aliphatic rings. The van der Waals surface area contributed by atoms with Crippen LogP contribution in [0.5, 0.6) is 5.88 Å². The number of carbonyl (C=O) groups is 2. The third kappa shape index (κ3) is 6.25. The number of likely N-dealkylation sites (tertiary alicyclic amines) is 1. The van der Waals surface area contributed by atoms with Crippen LogP contribution in [0.1, 0.15) is 50.4 Å². The van der Waals surface area contributed by atoms with Crippen molar-refractivity contribution in [3.8, 4) is 5.88 Å². The lowest BCUT2D eigenvalue weighted by Crippen LogP contribution is -2.41. The van der Waals surface area contributed by atoms with E-state index in [1.807, 2.05) is 20.8 Å². The van der Waals surface area contributed by atoms with Gasteiger partial charge in [0, 0.05) is 25.4 Å². The highest BCUT2D eigenvalue weighted by atomic mass is 16.6. The molecule has 1 aromatic rings. The number of ether oxygens (including phenoxy) is 2. The Bertz CT molecular complexity index is 586. The van der Waals surface area contributed by atoms with Gasteiger partial charge < -0.3 is 19.5 Å². The molecule has 0 saturated carbocycles. The van der Waals surface area contributed by atoms with Crippen LogP contribution in [0.4, 0.5) is 4.79 Å². The molecular weight excluding hydrogens is 324 g/mol. The molecule has 7 heteroatoms. The molecule has 1 fully saturated rings. The van der Waals surface area contributed by atoms with Gasteiger partial charge in [0.15, 0.2) is 0 Å². The molecular formula is C18H26N2O5. The highest BCUT2D eigenvalue weighted by Crippen LogP contribution is 2.22. The largest absolute Gasteiger partial charge is 0.478 e. The first-order valence-corrected chi connectivity index (χ1v) is 8.54. The van der Waals surface area contributed by atoms with Crippen molar-refractivity contribution in [3.63, 3.8) is 0 Å². The Labute approximate surface area is 147 Å². The van der Waals surface area contributed by atoms with E-state index in [2.05, 4.69) is 4.98 Å². The lowest BCUT2D eigenvalue weighted by atomic mass is 9.94. The van der Waals surface area contributed by atoms with Crippen molar-refractivity contribution >= 4 is 12.1 Å². The van der Waals surface area contributed by atoms with Gasteiger partial charge in [0.2, 0.25) is 5.88 Å². The van der Waals surface area contributed by atoms with Gasteiger partial charge in [0.25, 0.3) is 0 Å². The monoisotopic (exact) mass is 350 g/mol. The average Bonchev–Trinajstić information content (AvgIpc) is 2.54. The molecule has 1 aliphatic heterocycles. The highest BCUT2D eigenvalue weighted by molar-refractivity contribution is 5.87. The summed E-state index contributed by atoms with van der Waals surface area (Å²) >= 11 is 0. The maximum Gasteiger partial charge on any atom is 0.410 e. The van der Waals surface area contributed by atoms with Crippen LogP contribution in [0.3, 0.4) is 0 Å². The number of nitrogens with zero attached hydrogens (tertiary/aromatic N) is 2. The second-order valence-corrected chi connectivity index (χ2v) is 7.24. The quantitative estimate of drug-likeness (QED) is 0.877. The van der Waals surface area contributed by atoms with E-state index in [1.165, 1.54) is 12.3 Å². The molecule has 0 atom stereocenters. The predicted molar refractivity (Wildman–Crippen MR) is 91.8 cm³/mol. The number of carbonyl (C=O) groups excluding carboxylic acids is 1. The van der Waals surface area contributed by atoms with Crippen LogP contribution in [0, 0.1) is 5.92 Å². The zero-order valence-corrected chi connectivity index (χ0v) is 15.0. The molecule has 0 unspecified atom stereocenters. The van der Waals surface area contributed by atoms with E-state index in [0.717, 1.165) is 19.3 Å². The van der Waals surface area contributed by atoms with E-state index in [0.29, 0.717) is 31.5 Å². The Balaban J connectivity index is 1.68. The Kier molecular flexibility index (Phi) is 6.22. The standard InChI is InChI=1S/C18H26N2O5/c1-18(2,3)25-17(23)20-9-6-13(7-10-20)8-11-24-15-5-4-14(12-19-15)16(21)22/h4-5,12-13H,6-11H2,1-3H3,(H,21,22). The van der Waals surface area contributed by atoms with Gasteiger partial charge in [-0.25, -0.2) is 14.6 Å². The van der Waals surface area contributed by atoms with E-state index >= 15 is 0 Å². The number of aromatic carboxylic acids is 1. The third-order valence-electron chi connectivity index (χ3n) is 4.03. The zero-order valence-electron chi connectivity index (χ0n) is 15.0. The number of aromatic nitrogens is 1. The number of piperidine rings is 1. The molecule has 1 amide bonds. The van der Waals surface area contributed by atoms with Crippen LogP contribution >= 0.6 is 0 Å². The average molecular weight is 350 g/mol. The second kappa shape index (κ2) is 8.18. The van der Waals surface area contributed by atoms with Crippen molar-refractivity contribution in [1.29, 1.82) is 0 Å². The number of amides is 1. The van der Waals surface area contributed by atoms with Crippen molar-refractivity contribution < 1.29 is 24.2 Å². The number of carboxylic acid groups (broad SMARTS) is 1. The van der Waals surface area contributed by atoms with Gasteiger partial charge in [-0.1, -0.05) is 0 Å². The first kappa shape index (κ1) is 19.0. The fraction of sp³-hybridized carbons (Fsp3) is 0.611. The smallest absolute Gasteiger partial charge is 0.410 e. The van der Waals surface area contributed by atoms with Crippen LogP contribution in [0.15, 0.2) is 18.3 Å². The molecule has 0 aliphatic carbocycles. The van der Waals surface area contributed by atoms with Gasteiger partial charge in [0.1, 0.15) is 5.60 Å². The summed E-state index contributed by atoms with van der Waals surface area (Å²) < 4.78 is 11.0. The lowest BCUT2D eigenvalue weighted by Gasteiger charge is -2.33. The Hall–Kier alpha value is -2.31. The topological polar surface area (TPSA) is 89.0 Å². The zero-order chi connectivity index (χ0) is 18.4. The highest BCUT2D eigenvalue weighted by Gasteiger charge is 2.26.